The standard InChI is InChI=1S/C19H19ClN4O3/c1-2-10-23(12-14-6-5-7-15(11-14)24(25)26)13-18-21-22-19(27-18)16-8-3-4-9-17(16)20/h3-9,11H,2,10,12-13H2,1H3. The Morgan fingerprint density at radius 3 is 2.70 bits per heavy atom. The first-order valence-electron chi connectivity index (χ1n) is 8.59. The van der Waals surface area contributed by atoms with E-state index in [0.717, 1.165) is 18.5 Å². The lowest BCUT2D eigenvalue weighted by Crippen LogP contribution is -2.23. The van der Waals surface area contributed by atoms with Crippen molar-refractivity contribution in [3.63, 3.8) is 0 Å². The van der Waals surface area contributed by atoms with Crippen LogP contribution in [0.3, 0.4) is 0 Å². The molecule has 0 saturated heterocycles. The Labute approximate surface area is 161 Å². The predicted molar refractivity (Wildman–Crippen MR) is 102 cm³/mol. The quantitative estimate of drug-likeness (QED) is 0.411. The highest BCUT2D eigenvalue weighted by Crippen LogP contribution is 2.26. The molecule has 7 nitrogen and oxygen atoms in total. The zero-order valence-electron chi connectivity index (χ0n) is 14.8. The molecule has 1 heterocycles. The fourth-order valence-electron chi connectivity index (χ4n) is 2.81. The highest BCUT2D eigenvalue weighted by Gasteiger charge is 2.15. The summed E-state index contributed by atoms with van der Waals surface area (Å²) in [6.07, 6.45) is 0.931. The molecule has 1 aromatic heterocycles. The van der Waals surface area contributed by atoms with Crippen molar-refractivity contribution in [3.8, 4) is 11.5 Å². The molecular weight excluding hydrogens is 368 g/mol. The third kappa shape index (κ3) is 4.90. The summed E-state index contributed by atoms with van der Waals surface area (Å²) in [5.41, 5.74) is 1.64. The first-order chi connectivity index (χ1) is 13.1. The molecular formula is C19H19ClN4O3. The van der Waals surface area contributed by atoms with Gasteiger partial charge in [-0.05, 0) is 30.7 Å². The number of benzene rings is 2. The number of hydrogen-bond donors (Lipinski definition) is 0. The number of nitro benzene ring substituents is 1. The molecule has 0 aliphatic heterocycles. The van der Waals surface area contributed by atoms with Gasteiger partial charge in [0.05, 0.1) is 22.1 Å². The molecule has 2 aromatic carbocycles. The molecule has 0 fully saturated rings. The Kier molecular flexibility index (Phi) is 6.16. The lowest BCUT2D eigenvalue weighted by molar-refractivity contribution is -0.384. The molecule has 140 valence electrons. The molecule has 0 N–H and O–H groups in total. The average molecular weight is 387 g/mol. The SMILES string of the molecule is CCCN(Cc1cccc([N+](=O)[O-])c1)Cc1nnc(-c2ccccc2Cl)o1. The van der Waals surface area contributed by atoms with Crippen molar-refractivity contribution < 1.29 is 9.34 Å². The van der Waals surface area contributed by atoms with Gasteiger partial charge in [-0.2, -0.15) is 0 Å². The topological polar surface area (TPSA) is 85.3 Å². The van der Waals surface area contributed by atoms with E-state index in [2.05, 4.69) is 22.0 Å². The van der Waals surface area contributed by atoms with E-state index in [4.69, 9.17) is 16.0 Å². The molecule has 0 radical (unpaired) electrons. The van der Waals surface area contributed by atoms with Crippen molar-refractivity contribution in [1.29, 1.82) is 0 Å². The van der Waals surface area contributed by atoms with Crippen molar-refractivity contribution in [2.45, 2.75) is 26.4 Å². The Bertz CT molecular complexity index is 929. The van der Waals surface area contributed by atoms with Gasteiger partial charge in [0.2, 0.25) is 11.8 Å². The zero-order valence-corrected chi connectivity index (χ0v) is 15.6. The lowest BCUT2D eigenvalue weighted by atomic mass is 10.2. The number of aromatic nitrogens is 2. The molecule has 27 heavy (non-hydrogen) atoms. The van der Waals surface area contributed by atoms with Gasteiger partial charge in [0.1, 0.15) is 0 Å². The van der Waals surface area contributed by atoms with Gasteiger partial charge < -0.3 is 4.42 Å². The Balaban J connectivity index is 1.74. The number of halogens is 1. The maximum absolute atomic E-state index is 11.0. The maximum atomic E-state index is 11.0. The molecule has 0 atom stereocenters. The van der Waals surface area contributed by atoms with E-state index in [1.807, 2.05) is 24.3 Å². The van der Waals surface area contributed by atoms with Gasteiger partial charge in [-0.15, -0.1) is 10.2 Å². The highest BCUT2D eigenvalue weighted by atomic mass is 35.5. The summed E-state index contributed by atoms with van der Waals surface area (Å²) in [6, 6.07) is 13.9. The van der Waals surface area contributed by atoms with Crippen molar-refractivity contribution in [2.75, 3.05) is 6.54 Å². The number of non-ortho nitro benzene ring substituents is 1. The van der Waals surface area contributed by atoms with E-state index in [1.54, 1.807) is 18.2 Å². The smallest absolute Gasteiger partial charge is 0.269 e. The van der Waals surface area contributed by atoms with E-state index in [1.165, 1.54) is 6.07 Å². The van der Waals surface area contributed by atoms with Crippen LogP contribution in [0, 0.1) is 10.1 Å². The van der Waals surface area contributed by atoms with Gasteiger partial charge >= 0.3 is 0 Å². The summed E-state index contributed by atoms with van der Waals surface area (Å²) in [5.74, 6) is 0.853. The summed E-state index contributed by atoms with van der Waals surface area (Å²) in [7, 11) is 0. The number of rotatable bonds is 8. The van der Waals surface area contributed by atoms with Crippen LogP contribution in [0.2, 0.25) is 5.02 Å². The van der Waals surface area contributed by atoms with Gasteiger partial charge in [-0.25, -0.2) is 0 Å². The Hall–Kier alpha value is -2.77. The molecule has 3 rings (SSSR count). The van der Waals surface area contributed by atoms with Crippen molar-refractivity contribution in [3.05, 3.63) is 75.1 Å². The third-order valence-corrected chi connectivity index (χ3v) is 4.33. The van der Waals surface area contributed by atoms with E-state index < -0.39 is 0 Å². The molecule has 0 aliphatic carbocycles. The van der Waals surface area contributed by atoms with Gasteiger partial charge in [0, 0.05) is 18.7 Å². The van der Waals surface area contributed by atoms with Crippen LogP contribution in [0.15, 0.2) is 52.9 Å². The molecule has 8 heteroatoms. The Morgan fingerprint density at radius 2 is 1.96 bits per heavy atom. The van der Waals surface area contributed by atoms with Gasteiger partial charge in [0.15, 0.2) is 0 Å². The fraction of sp³-hybridized carbons (Fsp3) is 0.263. The summed E-state index contributed by atoms with van der Waals surface area (Å²) >= 11 is 6.18. The van der Waals surface area contributed by atoms with Gasteiger partial charge in [0.25, 0.3) is 5.69 Å². The fourth-order valence-corrected chi connectivity index (χ4v) is 3.03. The average Bonchev–Trinajstić information content (AvgIpc) is 3.10. The van der Waals surface area contributed by atoms with Crippen LogP contribution < -0.4 is 0 Å². The second kappa shape index (κ2) is 8.75. The van der Waals surface area contributed by atoms with Crippen LogP contribution in [0.1, 0.15) is 24.8 Å². The summed E-state index contributed by atoms with van der Waals surface area (Å²) in [4.78, 5) is 12.7. The second-order valence-electron chi connectivity index (χ2n) is 6.12. The van der Waals surface area contributed by atoms with Crippen molar-refractivity contribution in [1.82, 2.24) is 15.1 Å². The summed E-state index contributed by atoms with van der Waals surface area (Å²) in [5, 5.41) is 19.7. The normalized spacial score (nSPS) is 11.1. The van der Waals surface area contributed by atoms with Crippen LogP contribution >= 0.6 is 11.6 Å². The van der Waals surface area contributed by atoms with Crippen molar-refractivity contribution in [2.24, 2.45) is 0 Å². The van der Waals surface area contributed by atoms with Crippen LogP contribution in [-0.2, 0) is 13.1 Å². The van der Waals surface area contributed by atoms with Crippen molar-refractivity contribution >= 4 is 17.3 Å². The molecule has 0 bridgehead atoms. The minimum Gasteiger partial charge on any atom is -0.419 e. The molecule has 0 unspecified atom stereocenters. The number of nitrogens with zero attached hydrogens (tertiary/aromatic N) is 4. The van der Waals surface area contributed by atoms with E-state index in [0.29, 0.717) is 35.5 Å². The largest absolute Gasteiger partial charge is 0.419 e. The molecule has 0 spiro atoms. The number of hydrogen-bond acceptors (Lipinski definition) is 6. The molecule has 3 aromatic rings. The zero-order chi connectivity index (χ0) is 19.2. The third-order valence-electron chi connectivity index (χ3n) is 4.00. The summed E-state index contributed by atoms with van der Waals surface area (Å²) in [6.45, 7) is 3.88. The van der Waals surface area contributed by atoms with Gasteiger partial charge in [-0.1, -0.05) is 42.8 Å². The minimum absolute atomic E-state index is 0.0859. The molecule has 0 saturated carbocycles. The second-order valence-corrected chi connectivity index (χ2v) is 6.53. The predicted octanol–water partition coefficient (Wildman–Crippen LogP) is 4.71. The van der Waals surface area contributed by atoms with E-state index in [-0.39, 0.29) is 10.6 Å². The van der Waals surface area contributed by atoms with E-state index in [9.17, 15) is 10.1 Å². The van der Waals surface area contributed by atoms with Crippen LogP contribution in [0.4, 0.5) is 5.69 Å². The van der Waals surface area contributed by atoms with E-state index >= 15 is 0 Å². The van der Waals surface area contributed by atoms with Crippen LogP contribution in [0.25, 0.3) is 11.5 Å². The first-order valence-corrected chi connectivity index (χ1v) is 8.97. The lowest BCUT2D eigenvalue weighted by Gasteiger charge is -2.19. The first kappa shape index (κ1) is 19.0. The molecule has 0 aliphatic rings. The summed E-state index contributed by atoms with van der Waals surface area (Å²) < 4.78 is 5.77. The highest BCUT2D eigenvalue weighted by molar-refractivity contribution is 6.33. The maximum Gasteiger partial charge on any atom is 0.269 e. The number of nitro groups is 1. The van der Waals surface area contributed by atoms with Crippen LogP contribution in [-0.4, -0.2) is 26.6 Å². The molecule has 0 amide bonds. The monoisotopic (exact) mass is 386 g/mol. The minimum atomic E-state index is -0.387. The Morgan fingerprint density at radius 1 is 1.15 bits per heavy atom. The van der Waals surface area contributed by atoms with Gasteiger partial charge in [-0.3, -0.25) is 15.0 Å². The van der Waals surface area contributed by atoms with Crippen LogP contribution in [0.5, 0.6) is 0 Å².